The number of unbranched alkanes of at least 4 members (excludes halogenated alkanes) is 2. The summed E-state index contributed by atoms with van der Waals surface area (Å²) in [5.41, 5.74) is 4.90. The van der Waals surface area contributed by atoms with Crippen LogP contribution in [0, 0.1) is 0 Å². The topological polar surface area (TPSA) is 98.5 Å². The monoisotopic (exact) mass is 407 g/mol. The number of carbonyl (C=O) groups is 1. The maximum absolute atomic E-state index is 11.5. The smallest absolute Gasteiger partial charge is 0.306 e. The van der Waals surface area contributed by atoms with Crippen molar-refractivity contribution in [2.24, 2.45) is 5.73 Å². The highest BCUT2D eigenvalue weighted by Gasteiger charge is 2.15. The van der Waals surface area contributed by atoms with Gasteiger partial charge in [-0.05, 0) is 33.6 Å². The van der Waals surface area contributed by atoms with Crippen molar-refractivity contribution < 1.29 is 33.2 Å². The molecule has 0 bridgehead atoms. The molecule has 0 radical (unpaired) electrons. The maximum atomic E-state index is 11.5. The van der Waals surface area contributed by atoms with Crippen LogP contribution in [0.15, 0.2) is 0 Å². The Labute approximate surface area is 170 Å². The molecule has 0 aromatic carbocycles. The van der Waals surface area contributed by atoms with E-state index in [0.717, 1.165) is 19.3 Å². The highest BCUT2D eigenvalue weighted by atomic mass is 16.6. The first-order chi connectivity index (χ1) is 13.5. The molecule has 0 aliphatic heterocycles. The molecule has 0 heterocycles. The molecule has 8 heteroatoms. The Bertz CT molecular complexity index is 348. The maximum Gasteiger partial charge on any atom is 0.306 e. The van der Waals surface area contributed by atoms with Gasteiger partial charge in [0.15, 0.2) is 0 Å². The van der Waals surface area contributed by atoms with Crippen molar-refractivity contribution in [2.75, 3.05) is 72.6 Å². The highest BCUT2D eigenvalue weighted by Crippen LogP contribution is 2.10. The molecule has 0 aromatic rings. The number of hydrogen-bond donors (Lipinski definition) is 1. The van der Waals surface area contributed by atoms with E-state index in [4.69, 9.17) is 34.2 Å². The zero-order valence-electron chi connectivity index (χ0n) is 18.0. The fraction of sp³-hybridized carbons (Fsp3) is 0.950. The molecule has 0 aromatic heterocycles. The summed E-state index contributed by atoms with van der Waals surface area (Å²) in [5, 5.41) is 0. The molecule has 8 nitrogen and oxygen atoms in total. The van der Waals surface area contributed by atoms with Gasteiger partial charge in [0.25, 0.3) is 0 Å². The molecule has 0 amide bonds. The van der Waals surface area contributed by atoms with Gasteiger partial charge in [-0.2, -0.15) is 0 Å². The van der Waals surface area contributed by atoms with Crippen LogP contribution in [0.3, 0.4) is 0 Å². The van der Waals surface area contributed by atoms with Crippen molar-refractivity contribution in [3.63, 3.8) is 0 Å². The average Bonchev–Trinajstić information content (AvgIpc) is 2.62. The second kappa shape index (κ2) is 19.5. The summed E-state index contributed by atoms with van der Waals surface area (Å²) < 4.78 is 32.1. The van der Waals surface area contributed by atoms with Crippen LogP contribution in [0.2, 0.25) is 0 Å². The van der Waals surface area contributed by atoms with E-state index in [0.29, 0.717) is 79.0 Å². The van der Waals surface area contributed by atoms with Crippen molar-refractivity contribution in [3.8, 4) is 0 Å². The number of carbonyl (C=O) groups excluding carboxylic acids is 1. The van der Waals surface area contributed by atoms with Crippen molar-refractivity contribution in [1.82, 2.24) is 0 Å². The second-order valence-electron chi connectivity index (χ2n) is 7.25. The molecular weight excluding hydrogens is 366 g/mol. The van der Waals surface area contributed by atoms with Crippen LogP contribution >= 0.6 is 0 Å². The van der Waals surface area contributed by atoms with E-state index in [1.165, 1.54) is 0 Å². The van der Waals surface area contributed by atoms with Crippen LogP contribution in [0.25, 0.3) is 0 Å². The summed E-state index contributed by atoms with van der Waals surface area (Å²) >= 11 is 0. The van der Waals surface area contributed by atoms with Gasteiger partial charge in [-0.15, -0.1) is 0 Å². The van der Waals surface area contributed by atoms with E-state index in [1.807, 2.05) is 20.8 Å². The molecule has 0 saturated heterocycles. The van der Waals surface area contributed by atoms with Gasteiger partial charge in [0.1, 0.15) is 5.60 Å². The minimum atomic E-state index is -0.404. The first-order valence-corrected chi connectivity index (χ1v) is 10.3. The van der Waals surface area contributed by atoms with Gasteiger partial charge in [-0.3, -0.25) is 4.79 Å². The lowest BCUT2D eigenvalue weighted by Crippen LogP contribution is -2.23. The third-order valence-electron chi connectivity index (χ3n) is 3.34. The number of ether oxygens (including phenoxy) is 6. The predicted molar refractivity (Wildman–Crippen MR) is 107 cm³/mol. The summed E-state index contributed by atoms with van der Waals surface area (Å²) in [6.07, 6.45) is 3.18. The van der Waals surface area contributed by atoms with Crippen molar-refractivity contribution in [2.45, 2.75) is 52.1 Å². The van der Waals surface area contributed by atoms with Gasteiger partial charge in [-0.1, -0.05) is 6.42 Å². The van der Waals surface area contributed by atoms with Crippen LogP contribution < -0.4 is 5.73 Å². The zero-order chi connectivity index (χ0) is 20.9. The third kappa shape index (κ3) is 23.3. The number of nitrogens with two attached hydrogens (primary N) is 1. The van der Waals surface area contributed by atoms with Gasteiger partial charge < -0.3 is 34.2 Å². The van der Waals surface area contributed by atoms with Crippen LogP contribution in [-0.4, -0.2) is 84.2 Å². The molecule has 2 N–H and O–H groups in total. The Morgan fingerprint density at radius 1 is 0.643 bits per heavy atom. The molecule has 0 aliphatic rings. The minimum Gasteiger partial charge on any atom is -0.460 e. The first-order valence-electron chi connectivity index (χ1n) is 10.3. The van der Waals surface area contributed by atoms with Crippen molar-refractivity contribution in [3.05, 3.63) is 0 Å². The summed E-state index contributed by atoms with van der Waals surface area (Å²) in [5.74, 6) is -0.132. The molecule has 0 atom stereocenters. The van der Waals surface area contributed by atoms with Crippen LogP contribution in [0.4, 0.5) is 0 Å². The SMILES string of the molecule is CC(C)(C)OC(=O)CCCCCOCCOCCOCCOCCOCCN. The van der Waals surface area contributed by atoms with Crippen molar-refractivity contribution in [1.29, 1.82) is 0 Å². The normalized spacial score (nSPS) is 11.7. The standard InChI is InChI=1S/C20H41NO7/c1-20(2,3)28-19(22)7-5-4-6-9-23-11-13-25-15-17-27-18-16-26-14-12-24-10-8-21/h4-18,21H2,1-3H3. The summed E-state index contributed by atoms with van der Waals surface area (Å²) in [7, 11) is 0. The summed E-state index contributed by atoms with van der Waals surface area (Å²) in [6, 6.07) is 0. The second-order valence-corrected chi connectivity index (χ2v) is 7.25. The van der Waals surface area contributed by atoms with Crippen LogP contribution in [0.5, 0.6) is 0 Å². The summed E-state index contributed by atoms with van der Waals surface area (Å²) in [6.45, 7) is 11.8. The largest absolute Gasteiger partial charge is 0.460 e. The molecule has 0 unspecified atom stereocenters. The fourth-order valence-corrected chi connectivity index (χ4v) is 2.11. The molecular formula is C20H41NO7. The molecule has 0 fully saturated rings. The van der Waals surface area contributed by atoms with Gasteiger partial charge in [0, 0.05) is 19.6 Å². The lowest BCUT2D eigenvalue weighted by Gasteiger charge is -2.19. The van der Waals surface area contributed by atoms with E-state index < -0.39 is 5.60 Å². The number of rotatable bonds is 20. The average molecular weight is 408 g/mol. The van der Waals surface area contributed by atoms with E-state index in [-0.39, 0.29) is 5.97 Å². The Hall–Kier alpha value is -0.770. The predicted octanol–water partition coefficient (Wildman–Crippen LogP) is 1.93. The Morgan fingerprint density at radius 2 is 1.07 bits per heavy atom. The quantitative estimate of drug-likeness (QED) is 0.241. The molecule has 0 aliphatic carbocycles. The first kappa shape index (κ1) is 27.2. The Balaban J connectivity index is 3.11. The third-order valence-corrected chi connectivity index (χ3v) is 3.34. The Morgan fingerprint density at radius 3 is 1.50 bits per heavy atom. The van der Waals surface area contributed by atoms with Gasteiger partial charge in [0.05, 0.1) is 59.5 Å². The van der Waals surface area contributed by atoms with Gasteiger partial charge >= 0.3 is 5.97 Å². The number of esters is 1. The van der Waals surface area contributed by atoms with E-state index in [1.54, 1.807) is 0 Å². The molecule has 0 rings (SSSR count). The van der Waals surface area contributed by atoms with Crippen LogP contribution in [-0.2, 0) is 33.2 Å². The minimum absolute atomic E-state index is 0.132. The molecule has 0 spiro atoms. The Kier molecular flexibility index (Phi) is 19.0. The lowest BCUT2D eigenvalue weighted by molar-refractivity contribution is -0.154. The van der Waals surface area contributed by atoms with Gasteiger partial charge in [0.2, 0.25) is 0 Å². The zero-order valence-corrected chi connectivity index (χ0v) is 18.0. The number of hydrogen-bond acceptors (Lipinski definition) is 8. The van der Waals surface area contributed by atoms with Crippen LogP contribution in [0.1, 0.15) is 46.5 Å². The van der Waals surface area contributed by atoms with E-state index in [2.05, 4.69) is 0 Å². The summed E-state index contributed by atoms with van der Waals surface area (Å²) in [4.78, 5) is 11.5. The molecule has 0 saturated carbocycles. The lowest BCUT2D eigenvalue weighted by atomic mass is 10.1. The highest BCUT2D eigenvalue weighted by molar-refractivity contribution is 5.69. The molecule has 28 heavy (non-hydrogen) atoms. The van der Waals surface area contributed by atoms with E-state index >= 15 is 0 Å². The van der Waals surface area contributed by atoms with Crippen molar-refractivity contribution >= 4 is 5.97 Å². The van der Waals surface area contributed by atoms with E-state index in [9.17, 15) is 4.79 Å². The molecule has 168 valence electrons. The van der Waals surface area contributed by atoms with Gasteiger partial charge in [-0.25, -0.2) is 0 Å². The fourth-order valence-electron chi connectivity index (χ4n) is 2.11.